The summed E-state index contributed by atoms with van der Waals surface area (Å²) in [7, 11) is 4.36. The van der Waals surface area contributed by atoms with E-state index in [1.807, 2.05) is 0 Å². The molecule has 0 saturated heterocycles. The van der Waals surface area contributed by atoms with Gasteiger partial charge in [0.1, 0.15) is 7.05 Å². The number of aryl methyl sites for hydroxylation is 1. The van der Waals surface area contributed by atoms with E-state index in [2.05, 4.69) is 190 Å². The zero-order valence-electron chi connectivity index (χ0n) is 28.0. The van der Waals surface area contributed by atoms with Crippen LogP contribution in [0.1, 0.15) is 52.8 Å². The second-order valence-electron chi connectivity index (χ2n) is 14.8. The molecule has 0 radical (unpaired) electrons. The predicted molar refractivity (Wildman–Crippen MR) is 190 cm³/mol. The number of hydrogen-bond acceptors (Lipinski definition) is 2. The molecule has 2 aromatic heterocycles. The molecule has 1 aliphatic heterocycles. The number of para-hydroxylation sites is 3. The molecule has 1 aliphatic rings. The molecule has 0 N–H and O–H groups in total. The van der Waals surface area contributed by atoms with Gasteiger partial charge in [-0.2, -0.15) is 0 Å². The summed E-state index contributed by atoms with van der Waals surface area (Å²) in [6.07, 6.45) is 2.19. The highest BCUT2D eigenvalue weighted by atomic mass is 15.4. The van der Waals surface area contributed by atoms with Crippen LogP contribution in [-0.2, 0) is 12.5 Å². The average molecular weight is 594 g/mol. The van der Waals surface area contributed by atoms with Crippen molar-refractivity contribution in [2.75, 3.05) is 23.5 Å². The Labute approximate surface area is 268 Å². The van der Waals surface area contributed by atoms with Gasteiger partial charge in [-0.15, -0.1) is 0 Å². The highest BCUT2D eigenvalue weighted by Crippen LogP contribution is 2.57. The first-order chi connectivity index (χ1) is 21.4. The summed E-state index contributed by atoms with van der Waals surface area (Å²) in [5.41, 5.74) is 9.57. The Bertz CT molecular complexity index is 2040. The van der Waals surface area contributed by atoms with Crippen molar-refractivity contribution in [2.45, 2.75) is 47.0 Å². The third kappa shape index (κ3) is 4.29. The van der Waals surface area contributed by atoms with Crippen molar-refractivity contribution < 1.29 is 4.57 Å². The number of hydrogen-bond donors (Lipinski definition) is 0. The molecule has 45 heavy (non-hydrogen) atoms. The summed E-state index contributed by atoms with van der Waals surface area (Å²) in [6, 6.07) is 40.5. The number of nitrogens with zero attached hydrogens (tertiary/aromatic N) is 4. The van der Waals surface area contributed by atoms with E-state index in [1.165, 1.54) is 55.8 Å². The summed E-state index contributed by atoms with van der Waals surface area (Å²) in [5.74, 6) is 0. The largest absolute Gasteiger partial charge is 0.355 e. The normalized spacial score (nSPS) is 14.0. The Morgan fingerprint density at radius 3 is 2.00 bits per heavy atom. The number of anilines is 3. The fourth-order valence-electron chi connectivity index (χ4n) is 8.70. The van der Waals surface area contributed by atoms with E-state index in [1.54, 1.807) is 0 Å². The molecule has 7 rings (SSSR count). The molecule has 0 atom stereocenters. The van der Waals surface area contributed by atoms with Gasteiger partial charge in [-0.3, -0.25) is 0 Å². The SMILES string of the molecule is CN1CN(c2ccc3c4ccccc4n(-c4cccc(C(c5cccc[n+]5C)(C(C)(C)C)C(C)(C)C)c4)c3c2)c2ccccc21. The van der Waals surface area contributed by atoms with Crippen molar-refractivity contribution >= 4 is 38.9 Å². The van der Waals surface area contributed by atoms with Crippen molar-refractivity contribution in [3.63, 3.8) is 0 Å². The van der Waals surface area contributed by atoms with E-state index < -0.39 is 0 Å². The van der Waals surface area contributed by atoms with Crippen LogP contribution in [0.15, 0.2) is 115 Å². The van der Waals surface area contributed by atoms with Gasteiger partial charge in [-0.25, -0.2) is 4.57 Å². The van der Waals surface area contributed by atoms with Crippen LogP contribution in [-0.4, -0.2) is 18.3 Å². The first-order valence-corrected chi connectivity index (χ1v) is 16.1. The smallest absolute Gasteiger partial charge is 0.192 e. The Hall–Kier alpha value is -4.57. The van der Waals surface area contributed by atoms with Gasteiger partial charge in [0.2, 0.25) is 0 Å². The second-order valence-corrected chi connectivity index (χ2v) is 14.8. The van der Waals surface area contributed by atoms with Crippen LogP contribution in [0.25, 0.3) is 27.5 Å². The molecule has 3 heterocycles. The molecule has 4 aromatic carbocycles. The first-order valence-electron chi connectivity index (χ1n) is 16.1. The molecule has 0 unspecified atom stereocenters. The number of benzene rings is 4. The van der Waals surface area contributed by atoms with Crippen molar-refractivity contribution in [2.24, 2.45) is 17.9 Å². The van der Waals surface area contributed by atoms with Crippen molar-refractivity contribution in [1.82, 2.24) is 4.57 Å². The van der Waals surface area contributed by atoms with Gasteiger partial charge in [0.15, 0.2) is 11.9 Å². The predicted octanol–water partition coefficient (Wildman–Crippen LogP) is 9.53. The molecule has 0 aliphatic carbocycles. The summed E-state index contributed by atoms with van der Waals surface area (Å²) < 4.78 is 4.80. The van der Waals surface area contributed by atoms with E-state index in [9.17, 15) is 0 Å². The summed E-state index contributed by atoms with van der Waals surface area (Å²) in [4.78, 5) is 4.74. The number of pyridine rings is 1. The zero-order valence-corrected chi connectivity index (χ0v) is 28.0. The average Bonchev–Trinajstić information content (AvgIpc) is 3.51. The first kappa shape index (κ1) is 29.2. The third-order valence-electron chi connectivity index (χ3n) is 10.1. The third-order valence-corrected chi connectivity index (χ3v) is 10.1. The molecular formula is C41H45N4+. The van der Waals surface area contributed by atoms with Crippen LogP contribution in [0, 0.1) is 10.8 Å². The zero-order chi connectivity index (χ0) is 31.7. The van der Waals surface area contributed by atoms with Crippen LogP contribution in [0.5, 0.6) is 0 Å². The minimum atomic E-state index is -0.278. The molecule has 6 aromatic rings. The van der Waals surface area contributed by atoms with E-state index in [0.717, 1.165) is 6.67 Å². The molecule has 0 amide bonds. The number of rotatable bonds is 4. The topological polar surface area (TPSA) is 15.3 Å². The van der Waals surface area contributed by atoms with Crippen LogP contribution in [0.2, 0.25) is 0 Å². The van der Waals surface area contributed by atoms with E-state index in [-0.39, 0.29) is 16.2 Å². The lowest BCUT2D eigenvalue weighted by Crippen LogP contribution is -2.57. The highest BCUT2D eigenvalue weighted by molar-refractivity contribution is 6.10. The molecule has 228 valence electrons. The van der Waals surface area contributed by atoms with Crippen LogP contribution >= 0.6 is 0 Å². The van der Waals surface area contributed by atoms with Crippen LogP contribution in [0.3, 0.4) is 0 Å². The maximum absolute atomic E-state index is 2.48. The minimum absolute atomic E-state index is 0.0772. The Morgan fingerprint density at radius 2 is 1.27 bits per heavy atom. The second kappa shape index (κ2) is 10.2. The Balaban J connectivity index is 1.49. The molecule has 0 saturated carbocycles. The standard InChI is InChI=1S/C41H45N4/c1-39(2,3)41(40(4,5)6,38-22-13-14-25-42(38)7)29-16-15-17-31(26-29)45-34-19-10-9-18-32(34)33-24-23-30(27-37(33)45)44-28-43(8)35-20-11-12-21-36(35)44/h9-27H,28H2,1-8H3/q+1. The summed E-state index contributed by atoms with van der Waals surface area (Å²) in [5, 5.41) is 2.55. The maximum atomic E-state index is 2.48. The quantitative estimate of drug-likeness (QED) is 0.189. The fourth-order valence-corrected chi connectivity index (χ4v) is 8.70. The van der Waals surface area contributed by atoms with Gasteiger partial charge >= 0.3 is 0 Å². The van der Waals surface area contributed by atoms with Crippen molar-refractivity contribution in [3.8, 4) is 5.69 Å². The van der Waals surface area contributed by atoms with Crippen molar-refractivity contribution in [3.05, 3.63) is 127 Å². The minimum Gasteiger partial charge on any atom is -0.355 e. The maximum Gasteiger partial charge on any atom is 0.192 e. The van der Waals surface area contributed by atoms with Gasteiger partial charge in [0, 0.05) is 41.3 Å². The molecule has 4 nitrogen and oxygen atoms in total. The monoisotopic (exact) mass is 593 g/mol. The van der Waals surface area contributed by atoms with E-state index >= 15 is 0 Å². The molecule has 0 fully saturated rings. The van der Waals surface area contributed by atoms with Crippen LogP contribution < -0.4 is 14.4 Å². The molecule has 0 spiro atoms. The lowest BCUT2D eigenvalue weighted by Gasteiger charge is -2.52. The van der Waals surface area contributed by atoms with Gasteiger partial charge in [-0.05, 0) is 58.9 Å². The van der Waals surface area contributed by atoms with Gasteiger partial charge < -0.3 is 14.4 Å². The number of aromatic nitrogens is 2. The fraction of sp³-hybridized carbons (Fsp3) is 0.293. The van der Waals surface area contributed by atoms with E-state index in [4.69, 9.17) is 0 Å². The molecule has 0 bridgehead atoms. The van der Waals surface area contributed by atoms with E-state index in [0.29, 0.717) is 0 Å². The van der Waals surface area contributed by atoms with Crippen molar-refractivity contribution in [1.29, 1.82) is 0 Å². The Morgan fingerprint density at radius 1 is 0.600 bits per heavy atom. The van der Waals surface area contributed by atoms with Gasteiger partial charge in [0.05, 0.1) is 34.5 Å². The lowest BCUT2D eigenvalue weighted by atomic mass is 9.49. The lowest BCUT2D eigenvalue weighted by molar-refractivity contribution is -0.684. The molecular weight excluding hydrogens is 548 g/mol. The van der Waals surface area contributed by atoms with Gasteiger partial charge in [-0.1, -0.05) is 96.1 Å². The Kier molecular flexibility index (Phi) is 6.63. The summed E-state index contributed by atoms with van der Waals surface area (Å²) in [6.45, 7) is 15.2. The number of fused-ring (bicyclic) bond motifs is 4. The molecule has 4 heteroatoms. The van der Waals surface area contributed by atoms with Gasteiger partial charge in [0.25, 0.3) is 0 Å². The van der Waals surface area contributed by atoms with Crippen LogP contribution in [0.4, 0.5) is 17.1 Å². The highest BCUT2D eigenvalue weighted by Gasteiger charge is 2.57. The summed E-state index contributed by atoms with van der Waals surface area (Å²) >= 11 is 0.